The minimum Gasteiger partial charge on any atom is -0.469 e. The van der Waals surface area contributed by atoms with Crippen molar-refractivity contribution in [2.75, 3.05) is 0 Å². The molecule has 0 saturated heterocycles. The summed E-state index contributed by atoms with van der Waals surface area (Å²) >= 11 is 0. The molecule has 0 aliphatic carbocycles. The topological polar surface area (TPSA) is 115 Å². The number of sulfone groups is 1. The van der Waals surface area contributed by atoms with E-state index in [4.69, 9.17) is 5.11 Å². The zero-order valence-electron chi connectivity index (χ0n) is 4.07. The lowest BCUT2D eigenvalue weighted by Gasteiger charge is -1.86. The van der Waals surface area contributed by atoms with Gasteiger partial charge in [0.15, 0.2) is 0 Å². The molecule has 1 amide bonds. The van der Waals surface area contributed by atoms with Gasteiger partial charge in [-0.1, -0.05) is 0 Å². The fourth-order valence-corrected chi connectivity index (χ4v) is 0.258. The summed E-state index contributed by atoms with van der Waals surface area (Å²) < 4.78 is 19.9. The lowest BCUT2D eigenvalue weighted by Crippen LogP contribution is -2.27. The highest BCUT2D eigenvalue weighted by molar-refractivity contribution is 8.18. The molecule has 0 saturated carbocycles. The number of hydrogen-bond donors (Lipinski definition) is 2. The number of carboxylic acid groups (broad SMARTS) is 1. The number of carbonyl (C=O) groups is 2. The van der Waals surface area contributed by atoms with Crippen LogP contribution in [0.1, 0.15) is 0 Å². The molecule has 0 aromatic rings. The Morgan fingerprint density at radius 3 is 1.67 bits per heavy atom. The van der Waals surface area contributed by atoms with Crippen LogP contribution in [-0.2, 0) is 9.84 Å². The van der Waals surface area contributed by atoms with Crippen LogP contribution in [0.2, 0.25) is 0 Å². The van der Waals surface area contributed by atoms with Crippen LogP contribution in [0.4, 0.5) is 9.59 Å². The van der Waals surface area contributed by atoms with Crippen LogP contribution in [0.5, 0.6) is 0 Å². The third kappa shape index (κ3) is 1.39. The van der Waals surface area contributed by atoms with Gasteiger partial charge in [0.2, 0.25) is 0 Å². The highest BCUT2D eigenvalue weighted by Crippen LogP contribution is 1.89. The summed E-state index contributed by atoms with van der Waals surface area (Å²) in [6.07, 6.45) is 0. The first-order valence-corrected chi connectivity index (χ1v) is 3.15. The minimum absolute atomic E-state index is 1.85. The molecule has 0 radical (unpaired) electrons. The van der Waals surface area contributed by atoms with Gasteiger partial charge >= 0.3 is 20.4 Å². The molecule has 0 fully saturated rings. The molecule has 3 N–H and O–H groups in total. The number of carbonyl (C=O) groups excluding carboxylic acids is 1. The zero-order valence-corrected chi connectivity index (χ0v) is 4.88. The number of rotatable bonds is 0. The van der Waals surface area contributed by atoms with Gasteiger partial charge in [-0.05, 0) is 0 Å². The summed E-state index contributed by atoms with van der Waals surface area (Å²) in [5.41, 5.74) is 4.16. The molecule has 6 nitrogen and oxygen atoms in total. The van der Waals surface area contributed by atoms with Crippen molar-refractivity contribution in [3.05, 3.63) is 0 Å². The maximum absolute atomic E-state index is 9.96. The Hall–Kier alpha value is -1.11. The molecular formula is C2H3NO5S. The molecular weight excluding hydrogens is 150 g/mol. The molecule has 52 valence electrons. The van der Waals surface area contributed by atoms with Gasteiger partial charge in [0.05, 0.1) is 0 Å². The maximum atomic E-state index is 9.96. The monoisotopic (exact) mass is 153 g/mol. The van der Waals surface area contributed by atoms with Crippen LogP contribution in [0.15, 0.2) is 0 Å². The second kappa shape index (κ2) is 2.02. The van der Waals surface area contributed by atoms with Crippen LogP contribution < -0.4 is 5.73 Å². The highest BCUT2D eigenvalue weighted by atomic mass is 32.2. The SMILES string of the molecule is NC(=O)S(=O)(=O)C(=O)O. The van der Waals surface area contributed by atoms with Gasteiger partial charge in [-0.3, -0.25) is 4.79 Å². The molecule has 0 bridgehead atoms. The van der Waals surface area contributed by atoms with E-state index in [9.17, 15) is 18.0 Å². The number of amides is 1. The first-order valence-electron chi connectivity index (χ1n) is 1.66. The predicted octanol–water partition coefficient (Wildman–Crippen LogP) is -0.842. The fourth-order valence-electron chi connectivity index (χ4n) is 0.0861. The lowest BCUT2D eigenvalue weighted by molar-refractivity contribution is 0.219. The zero-order chi connectivity index (χ0) is 7.65. The molecule has 0 aliphatic rings. The van der Waals surface area contributed by atoms with Crippen molar-refractivity contribution in [3.63, 3.8) is 0 Å². The van der Waals surface area contributed by atoms with E-state index in [0.717, 1.165) is 0 Å². The van der Waals surface area contributed by atoms with Crippen LogP contribution in [-0.4, -0.2) is 24.1 Å². The third-order valence-electron chi connectivity index (χ3n) is 0.495. The molecule has 7 heteroatoms. The Kier molecular flexibility index (Phi) is 1.77. The second-order valence-electron chi connectivity index (χ2n) is 1.09. The standard InChI is InChI=1S/C2H3NO5S/c3-1(4)9(7,8)2(5)6/h(H2,3,4)(H,5,6). The number of nitrogens with two attached hydrogens (primary N) is 1. The van der Waals surface area contributed by atoms with Crippen LogP contribution in [0, 0.1) is 0 Å². The van der Waals surface area contributed by atoms with E-state index in [1.165, 1.54) is 0 Å². The summed E-state index contributed by atoms with van der Waals surface area (Å²) in [5.74, 6) is 0. The van der Waals surface area contributed by atoms with E-state index in [0.29, 0.717) is 0 Å². The molecule has 0 aromatic carbocycles. The minimum atomic E-state index is -4.76. The summed E-state index contributed by atoms with van der Waals surface area (Å²) in [7, 11) is -4.76. The predicted molar refractivity (Wildman–Crippen MR) is 26.5 cm³/mol. The summed E-state index contributed by atoms with van der Waals surface area (Å²) in [5, 5.41) is 3.64. The molecule has 0 spiro atoms. The molecule has 9 heavy (non-hydrogen) atoms. The number of primary amides is 1. The third-order valence-corrected chi connectivity index (χ3v) is 1.48. The Morgan fingerprint density at radius 1 is 1.33 bits per heavy atom. The first kappa shape index (κ1) is 7.89. The van der Waals surface area contributed by atoms with Gasteiger partial charge in [-0.2, -0.15) is 0 Å². The molecule has 0 rings (SSSR count). The fraction of sp³-hybridized carbons (Fsp3) is 0. The lowest BCUT2D eigenvalue weighted by atomic mass is 11.4. The second-order valence-corrected chi connectivity index (χ2v) is 2.85. The normalized spacial score (nSPS) is 10.7. The molecule has 0 heterocycles. The van der Waals surface area contributed by atoms with E-state index in [1.54, 1.807) is 0 Å². The van der Waals surface area contributed by atoms with Crippen molar-refractivity contribution in [3.8, 4) is 0 Å². The van der Waals surface area contributed by atoms with Crippen molar-refractivity contribution in [2.24, 2.45) is 5.73 Å². The summed E-state index contributed by atoms with van der Waals surface area (Å²) in [4.78, 5) is 19.3. The van der Waals surface area contributed by atoms with Crippen molar-refractivity contribution >= 4 is 20.4 Å². The Labute approximate surface area is 50.2 Å². The van der Waals surface area contributed by atoms with E-state index in [2.05, 4.69) is 5.73 Å². The van der Waals surface area contributed by atoms with Gasteiger partial charge in [-0.15, -0.1) is 0 Å². The molecule has 0 aromatic heterocycles. The Morgan fingerprint density at radius 2 is 1.67 bits per heavy atom. The van der Waals surface area contributed by atoms with Crippen molar-refractivity contribution in [1.82, 2.24) is 0 Å². The van der Waals surface area contributed by atoms with E-state index < -0.39 is 20.4 Å². The van der Waals surface area contributed by atoms with E-state index >= 15 is 0 Å². The quantitative estimate of drug-likeness (QED) is 0.470. The molecule has 0 unspecified atom stereocenters. The van der Waals surface area contributed by atoms with Crippen molar-refractivity contribution in [2.45, 2.75) is 0 Å². The maximum Gasteiger partial charge on any atom is 0.432 e. The van der Waals surface area contributed by atoms with Crippen LogP contribution in [0.25, 0.3) is 0 Å². The van der Waals surface area contributed by atoms with Gasteiger partial charge in [0.25, 0.3) is 0 Å². The van der Waals surface area contributed by atoms with E-state index in [1.807, 2.05) is 0 Å². The van der Waals surface area contributed by atoms with Crippen molar-refractivity contribution < 1.29 is 23.1 Å². The van der Waals surface area contributed by atoms with Gasteiger partial charge < -0.3 is 10.8 Å². The molecule has 0 atom stereocenters. The Balaban J connectivity index is 4.87. The average molecular weight is 153 g/mol. The summed E-state index contributed by atoms with van der Waals surface area (Å²) in [6.45, 7) is 0. The van der Waals surface area contributed by atoms with Gasteiger partial charge in [-0.25, -0.2) is 13.2 Å². The first-order chi connectivity index (χ1) is 3.89. The summed E-state index contributed by atoms with van der Waals surface area (Å²) in [6, 6.07) is 0. The number of hydrogen-bond acceptors (Lipinski definition) is 4. The van der Waals surface area contributed by atoms with Crippen molar-refractivity contribution in [1.29, 1.82) is 0 Å². The smallest absolute Gasteiger partial charge is 0.432 e. The van der Waals surface area contributed by atoms with E-state index in [-0.39, 0.29) is 0 Å². The Bertz CT molecular complexity index is 218. The van der Waals surface area contributed by atoms with Crippen LogP contribution in [0.3, 0.4) is 0 Å². The molecule has 0 aliphatic heterocycles. The van der Waals surface area contributed by atoms with Gasteiger partial charge in [0, 0.05) is 0 Å². The largest absolute Gasteiger partial charge is 0.469 e. The highest BCUT2D eigenvalue weighted by Gasteiger charge is 2.27. The average Bonchev–Trinajstić information content (AvgIpc) is 1.65. The van der Waals surface area contributed by atoms with Crippen LogP contribution >= 0.6 is 0 Å². The van der Waals surface area contributed by atoms with Gasteiger partial charge in [0.1, 0.15) is 0 Å².